The zero-order valence-electron chi connectivity index (χ0n) is 16.2. The van der Waals surface area contributed by atoms with Crippen LogP contribution in [0.3, 0.4) is 0 Å². The molecule has 28 heavy (non-hydrogen) atoms. The summed E-state index contributed by atoms with van der Waals surface area (Å²) < 4.78 is 8.00. The van der Waals surface area contributed by atoms with Crippen molar-refractivity contribution >= 4 is 17.6 Å². The second-order valence-electron chi connectivity index (χ2n) is 7.35. The number of benzene rings is 1. The monoisotopic (exact) mass is 381 g/mol. The lowest BCUT2D eigenvalue weighted by atomic mass is 9.87. The van der Waals surface area contributed by atoms with Gasteiger partial charge in [-0.25, -0.2) is 4.99 Å². The SMILES string of the molecule is Cc1ccn(CCOc2ccccc2N2C(N)=NC(N)=NC23CCCCC3)n1. The number of ether oxygens (including phenoxy) is 1. The molecule has 1 aliphatic heterocycles. The summed E-state index contributed by atoms with van der Waals surface area (Å²) in [6.45, 7) is 3.14. The minimum Gasteiger partial charge on any atom is -0.489 e. The van der Waals surface area contributed by atoms with E-state index in [1.807, 2.05) is 53.0 Å². The molecule has 0 radical (unpaired) electrons. The Morgan fingerprint density at radius 1 is 1.11 bits per heavy atom. The van der Waals surface area contributed by atoms with E-state index in [1.54, 1.807) is 0 Å². The Morgan fingerprint density at radius 3 is 2.64 bits per heavy atom. The van der Waals surface area contributed by atoms with E-state index in [1.165, 1.54) is 6.42 Å². The molecular formula is C20H27N7O. The summed E-state index contributed by atoms with van der Waals surface area (Å²) in [5.74, 6) is 1.38. The van der Waals surface area contributed by atoms with E-state index in [0.29, 0.717) is 19.1 Å². The van der Waals surface area contributed by atoms with Crippen molar-refractivity contribution in [2.75, 3.05) is 11.5 Å². The van der Waals surface area contributed by atoms with Crippen LogP contribution in [-0.4, -0.2) is 34.0 Å². The fourth-order valence-electron chi connectivity index (χ4n) is 4.07. The Morgan fingerprint density at radius 2 is 1.89 bits per heavy atom. The molecule has 2 heterocycles. The van der Waals surface area contributed by atoms with Crippen molar-refractivity contribution in [2.24, 2.45) is 21.5 Å². The fourth-order valence-corrected chi connectivity index (χ4v) is 4.07. The van der Waals surface area contributed by atoms with Crippen LogP contribution in [0.25, 0.3) is 0 Å². The summed E-state index contributed by atoms with van der Waals surface area (Å²) >= 11 is 0. The lowest BCUT2D eigenvalue weighted by Crippen LogP contribution is -2.58. The number of rotatable bonds is 5. The van der Waals surface area contributed by atoms with Crippen LogP contribution in [0.5, 0.6) is 5.75 Å². The lowest BCUT2D eigenvalue weighted by Gasteiger charge is -2.45. The summed E-state index contributed by atoms with van der Waals surface area (Å²) in [7, 11) is 0. The molecule has 4 N–H and O–H groups in total. The zero-order valence-corrected chi connectivity index (χ0v) is 16.2. The van der Waals surface area contributed by atoms with Crippen LogP contribution in [0.2, 0.25) is 0 Å². The van der Waals surface area contributed by atoms with Gasteiger partial charge in [0.2, 0.25) is 11.9 Å². The summed E-state index contributed by atoms with van der Waals surface area (Å²) in [4.78, 5) is 11.0. The number of aryl methyl sites for hydroxylation is 1. The van der Waals surface area contributed by atoms with Gasteiger partial charge in [0.05, 0.1) is 17.9 Å². The van der Waals surface area contributed by atoms with Crippen molar-refractivity contribution in [3.05, 3.63) is 42.2 Å². The summed E-state index contributed by atoms with van der Waals surface area (Å²) in [5, 5.41) is 4.40. The zero-order chi connectivity index (χ0) is 19.6. The third-order valence-corrected chi connectivity index (χ3v) is 5.31. The predicted molar refractivity (Wildman–Crippen MR) is 110 cm³/mol. The molecular weight excluding hydrogens is 354 g/mol. The highest BCUT2D eigenvalue weighted by Crippen LogP contribution is 2.42. The first-order valence-electron chi connectivity index (χ1n) is 9.79. The molecule has 1 aromatic carbocycles. The van der Waals surface area contributed by atoms with Crippen molar-refractivity contribution in [2.45, 2.75) is 51.2 Å². The van der Waals surface area contributed by atoms with Crippen LogP contribution in [0, 0.1) is 6.92 Å². The van der Waals surface area contributed by atoms with Crippen molar-refractivity contribution in [1.29, 1.82) is 0 Å². The highest BCUT2D eigenvalue weighted by Gasteiger charge is 2.43. The normalized spacial score (nSPS) is 18.7. The van der Waals surface area contributed by atoms with Crippen LogP contribution in [0.4, 0.5) is 5.69 Å². The number of aromatic nitrogens is 2. The molecule has 0 atom stereocenters. The van der Waals surface area contributed by atoms with Crippen LogP contribution < -0.4 is 21.1 Å². The third kappa shape index (κ3) is 3.54. The van der Waals surface area contributed by atoms with E-state index in [-0.39, 0.29) is 5.96 Å². The minimum atomic E-state index is -0.479. The summed E-state index contributed by atoms with van der Waals surface area (Å²) in [6, 6.07) is 9.87. The van der Waals surface area contributed by atoms with E-state index in [0.717, 1.165) is 42.8 Å². The molecule has 1 fully saturated rings. The first kappa shape index (κ1) is 18.3. The van der Waals surface area contributed by atoms with E-state index < -0.39 is 5.66 Å². The second-order valence-corrected chi connectivity index (χ2v) is 7.35. The van der Waals surface area contributed by atoms with Gasteiger partial charge in [0, 0.05) is 6.20 Å². The minimum absolute atomic E-state index is 0.253. The van der Waals surface area contributed by atoms with Crippen LogP contribution in [0.1, 0.15) is 37.8 Å². The molecule has 1 aromatic heterocycles. The second kappa shape index (κ2) is 7.53. The first-order valence-corrected chi connectivity index (χ1v) is 9.79. The smallest absolute Gasteiger partial charge is 0.220 e. The van der Waals surface area contributed by atoms with Gasteiger partial charge < -0.3 is 16.2 Å². The largest absolute Gasteiger partial charge is 0.489 e. The number of nitrogens with zero attached hydrogens (tertiary/aromatic N) is 5. The maximum Gasteiger partial charge on any atom is 0.220 e. The van der Waals surface area contributed by atoms with Gasteiger partial charge in [-0.15, -0.1) is 0 Å². The molecule has 8 nitrogen and oxygen atoms in total. The molecule has 1 spiro atoms. The molecule has 0 amide bonds. The van der Waals surface area contributed by atoms with Crippen molar-refractivity contribution in [3.63, 3.8) is 0 Å². The number of aliphatic imine (C=N–C) groups is 2. The molecule has 4 rings (SSSR count). The van der Waals surface area contributed by atoms with E-state index in [2.05, 4.69) is 10.1 Å². The molecule has 2 aromatic rings. The average molecular weight is 381 g/mol. The lowest BCUT2D eigenvalue weighted by molar-refractivity contribution is 0.282. The molecule has 0 saturated heterocycles. The van der Waals surface area contributed by atoms with E-state index in [9.17, 15) is 0 Å². The van der Waals surface area contributed by atoms with E-state index >= 15 is 0 Å². The van der Waals surface area contributed by atoms with Gasteiger partial charge in [-0.1, -0.05) is 18.6 Å². The van der Waals surface area contributed by atoms with Crippen LogP contribution >= 0.6 is 0 Å². The third-order valence-electron chi connectivity index (χ3n) is 5.31. The van der Waals surface area contributed by atoms with Crippen LogP contribution in [-0.2, 0) is 6.54 Å². The summed E-state index contributed by atoms with van der Waals surface area (Å²) in [6.07, 6.45) is 7.11. The highest BCUT2D eigenvalue weighted by atomic mass is 16.5. The van der Waals surface area contributed by atoms with Gasteiger partial charge in [-0.05, 0) is 50.8 Å². The maximum absolute atomic E-state index is 6.34. The fraction of sp³-hybridized carbons (Fsp3) is 0.450. The Labute approximate surface area is 164 Å². The number of hydrogen-bond acceptors (Lipinski definition) is 7. The number of para-hydroxylation sites is 2. The van der Waals surface area contributed by atoms with Gasteiger partial charge in [0.15, 0.2) is 0 Å². The number of nitrogens with two attached hydrogens (primary N) is 2. The Hall–Kier alpha value is -3.03. The molecule has 0 unspecified atom stereocenters. The number of guanidine groups is 2. The average Bonchev–Trinajstić information content (AvgIpc) is 3.08. The molecule has 8 heteroatoms. The molecule has 0 bridgehead atoms. The summed E-state index contributed by atoms with van der Waals surface area (Å²) in [5.41, 5.74) is 13.7. The van der Waals surface area contributed by atoms with Gasteiger partial charge >= 0.3 is 0 Å². The van der Waals surface area contributed by atoms with Crippen molar-refractivity contribution < 1.29 is 4.74 Å². The maximum atomic E-state index is 6.34. The van der Waals surface area contributed by atoms with Crippen molar-refractivity contribution in [1.82, 2.24) is 9.78 Å². The molecule has 1 saturated carbocycles. The topological polar surface area (TPSA) is 107 Å². The molecule has 148 valence electrons. The van der Waals surface area contributed by atoms with Gasteiger partial charge in [0.1, 0.15) is 18.0 Å². The first-order chi connectivity index (χ1) is 13.6. The molecule has 2 aliphatic rings. The van der Waals surface area contributed by atoms with Gasteiger partial charge in [-0.2, -0.15) is 10.1 Å². The Kier molecular flexibility index (Phi) is 4.93. The number of anilines is 1. The van der Waals surface area contributed by atoms with Gasteiger partial charge in [-0.3, -0.25) is 9.58 Å². The standard InChI is InChI=1S/C20H27N7O/c1-15-9-12-26(25-15)13-14-28-17-8-4-3-7-16(17)27-19(22)23-18(21)24-20(27)10-5-2-6-11-20/h3-4,7-9,12H,2,5-6,10-11,13-14H2,1H3,(H4,21,22,23,24). The molecule has 1 aliphatic carbocycles. The van der Waals surface area contributed by atoms with Crippen molar-refractivity contribution in [3.8, 4) is 5.75 Å². The Balaban J connectivity index is 1.59. The van der Waals surface area contributed by atoms with Gasteiger partial charge in [0.25, 0.3) is 0 Å². The predicted octanol–water partition coefficient (Wildman–Crippen LogP) is 2.38. The highest BCUT2D eigenvalue weighted by molar-refractivity contribution is 6.06. The number of hydrogen-bond donors (Lipinski definition) is 2. The van der Waals surface area contributed by atoms with Crippen LogP contribution in [0.15, 0.2) is 46.5 Å². The Bertz CT molecular complexity index is 895. The van der Waals surface area contributed by atoms with E-state index in [4.69, 9.17) is 21.2 Å². The quantitative estimate of drug-likeness (QED) is 0.827.